The average molecular weight is 341 g/mol. The molecule has 0 bridgehead atoms. The Labute approximate surface area is 127 Å². The average Bonchev–Trinajstić information content (AvgIpc) is 2.94. The molecule has 0 aliphatic rings. The van der Waals surface area contributed by atoms with Crippen LogP contribution in [0.5, 0.6) is 0 Å². The molecule has 0 saturated carbocycles. The maximum Gasteiger partial charge on any atom is 0.347 e. The molecule has 0 fully saturated rings. The fourth-order valence-corrected chi connectivity index (χ4v) is 2.71. The summed E-state index contributed by atoms with van der Waals surface area (Å²) >= 11 is 3.42. The second-order valence-electron chi connectivity index (χ2n) is 4.68. The van der Waals surface area contributed by atoms with Crippen LogP contribution in [-0.2, 0) is 0 Å². The van der Waals surface area contributed by atoms with E-state index in [-0.39, 0.29) is 5.63 Å². The molecular weight excluding hydrogens is 332 g/mol. The van der Waals surface area contributed by atoms with E-state index < -0.39 is 0 Å². The molecule has 5 heteroatoms. The van der Waals surface area contributed by atoms with Crippen LogP contribution >= 0.6 is 15.9 Å². The number of para-hydroxylation sites is 1. The van der Waals surface area contributed by atoms with Crippen LogP contribution in [0.15, 0.2) is 68.4 Å². The zero-order valence-electron chi connectivity index (χ0n) is 10.8. The summed E-state index contributed by atoms with van der Waals surface area (Å²) in [6.45, 7) is 0. The molecule has 0 radical (unpaired) electrons. The minimum Gasteiger partial charge on any atom is -0.422 e. The number of halogens is 1. The van der Waals surface area contributed by atoms with Gasteiger partial charge in [-0.1, -0.05) is 28.1 Å². The van der Waals surface area contributed by atoms with Gasteiger partial charge in [-0.25, -0.2) is 9.48 Å². The van der Waals surface area contributed by atoms with Gasteiger partial charge in [-0.3, -0.25) is 0 Å². The molecular formula is C16H9BrN2O2. The summed E-state index contributed by atoms with van der Waals surface area (Å²) in [6, 6.07) is 15.2. The first kappa shape index (κ1) is 12.3. The predicted molar refractivity (Wildman–Crippen MR) is 84.8 cm³/mol. The molecule has 0 aliphatic heterocycles. The lowest BCUT2D eigenvalue weighted by Crippen LogP contribution is -2.01. The van der Waals surface area contributed by atoms with Gasteiger partial charge in [0.1, 0.15) is 11.0 Å². The molecule has 0 amide bonds. The molecule has 21 heavy (non-hydrogen) atoms. The largest absolute Gasteiger partial charge is 0.422 e. The highest BCUT2D eigenvalue weighted by atomic mass is 79.9. The van der Waals surface area contributed by atoms with Gasteiger partial charge in [-0.15, -0.1) is 0 Å². The number of hydrogen-bond acceptors (Lipinski definition) is 3. The van der Waals surface area contributed by atoms with E-state index >= 15 is 0 Å². The first-order chi connectivity index (χ1) is 10.2. The minimum atomic E-state index is -0.368. The molecule has 2 heterocycles. The summed E-state index contributed by atoms with van der Waals surface area (Å²) in [5.41, 5.74) is 1.86. The first-order valence-corrected chi connectivity index (χ1v) is 7.19. The van der Waals surface area contributed by atoms with Gasteiger partial charge in [0.15, 0.2) is 0 Å². The fraction of sp³-hybridized carbons (Fsp3) is 0. The zero-order valence-corrected chi connectivity index (χ0v) is 12.4. The maximum atomic E-state index is 12.1. The normalized spacial score (nSPS) is 11.3. The standard InChI is InChI=1S/C16H9BrN2O2/c17-10-5-7-11(8-6-10)19-15-12-3-1-2-4-14(12)21-16(20)13(15)9-18-19/h1-9H. The van der Waals surface area contributed by atoms with E-state index in [1.165, 1.54) is 0 Å². The minimum absolute atomic E-state index is 0.368. The summed E-state index contributed by atoms with van der Waals surface area (Å²) in [5.74, 6) is 0. The lowest BCUT2D eigenvalue weighted by Gasteiger charge is -2.05. The second-order valence-corrected chi connectivity index (χ2v) is 5.60. The van der Waals surface area contributed by atoms with Crippen molar-refractivity contribution in [3.8, 4) is 5.69 Å². The Morgan fingerprint density at radius 1 is 1.00 bits per heavy atom. The Hall–Kier alpha value is -2.40. The third-order valence-corrected chi connectivity index (χ3v) is 3.93. The highest BCUT2D eigenvalue weighted by Crippen LogP contribution is 2.25. The smallest absolute Gasteiger partial charge is 0.347 e. The van der Waals surface area contributed by atoms with Crippen molar-refractivity contribution in [1.82, 2.24) is 9.78 Å². The van der Waals surface area contributed by atoms with Gasteiger partial charge < -0.3 is 4.42 Å². The van der Waals surface area contributed by atoms with Crippen molar-refractivity contribution in [2.45, 2.75) is 0 Å². The quantitative estimate of drug-likeness (QED) is 0.494. The van der Waals surface area contributed by atoms with E-state index in [1.54, 1.807) is 16.9 Å². The lowest BCUT2D eigenvalue weighted by atomic mass is 10.2. The maximum absolute atomic E-state index is 12.1. The third kappa shape index (κ3) is 1.89. The Morgan fingerprint density at radius 2 is 1.76 bits per heavy atom. The number of benzene rings is 2. The number of hydrogen-bond donors (Lipinski definition) is 0. The number of fused-ring (bicyclic) bond motifs is 3. The Morgan fingerprint density at radius 3 is 2.57 bits per heavy atom. The van der Waals surface area contributed by atoms with Crippen LogP contribution in [0, 0.1) is 0 Å². The molecule has 0 aliphatic carbocycles. The highest BCUT2D eigenvalue weighted by molar-refractivity contribution is 9.10. The van der Waals surface area contributed by atoms with Crippen LogP contribution in [0.25, 0.3) is 27.6 Å². The molecule has 0 unspecified atom stereocenters. The van der Waals surface area contributed by atoms with Crippen LogP contribution < -0.4 is 5.63 Å². The first-order valence-electron chi connectivity index (χ1n) is 6.39. The molecule has 2 aromatic carbocycles. The SMILES string of the molecule is O=c1oc2ccccc2c2c1cnn2-c1ccc(Br)cc1. The lowest BCUT2D eigenvalue weighted by molar-refractivity contribution is 0.569. The van der Waals surface area contributed by atoms with Crippen LogP contribution in [0.1, 0.15) is 0 Å². The molecule has 2 aromatic heterocycles. The number of aromatic nitrogens is 2. The monoisotopic (exact) mass is 340 g/mol. The third-order valence-electron chi connectivity index (χ3n) is 3.41. The van der Waals surface area contributed by atoms with Gasteiger partial charge in [-0.05, 0) is 36.4 Å². The highest BCUT2D eigenvalue weighted by Gasteiger charge is 2.13. The summed E-state index contributed by atoms with van der Waals surface area (Å²) in [7, 11) is 0. The molecule has 4 rings (SSSR count). The van der Waals surface area contributed by atoms with Crippen LogP contribution in [0.2, 0.25) is 0 Å². The molecule has 0 atom stereocenters. The van der Waals surface area contributed by atoms with Crippen molar-refractivity contribution < 1.29 is 4.42 Å². The van der Waals surface area contributed by atoms with Crippen molar-refractivity contribution in [2.75, 3.05) is 0 Å². The van der Waals surface area contributed by atoms with Gasteiger partial charge in [-0.2, -0.15) is 5.10 Å². The van der Waals surface area contributed by atoms with Gasteiger partial charge in [0, 0.05) is 9.86 Å². The molecule has 0 spiro atoms. The fourth-order valence-electron chi connectivity index (χ4n) is 2.44. The van der Waals surface area contributed by atoms with Crippen molar-refractivity contribution in [3.05, 3.63) is 69.6 Å². The van der Waals surface area contributed by atoms with E-state index in [4.69, 9.17) is 4.42 Å². The predicted octanol–water partition coefficient (Wildman–Crippen LogP) is 3.89. The summed E-state index contributed by atoms with van der Waals surface area (Å²) < 4.78 is 8.08. The van der Waals surface area contributed by atoms with Crippen LogP contribution in [-0.4, -0.2) is 9.78 Å². The van der Waals surface area contributed by atoms with Crippen LogP contribution in [0.4, 0.5) is 0 Å². The van der Waals surface area contributed by atoms with E-state index in [0.29, 0.717) is 11.0 Å². The van der Waals surface area contributed by atoms with Crippen molar-refractivity contribution in [1.29, 1.82) is 0 Å². The second kappa shape index (κ2) is 4.56. The summed E-state index contributed by atoms with van der Waals surface area (Å²) in [4.78, 5) is 12.1. The number of nitrogens with zero attached hydrogens (tertiary/aromatic N) is 2. The van der Waals surface area contributed by atoms with Crippen molar-refractivity contribution in [3.63, 3.8) is 0 Å². The van der Waals surface area contributed by atoms with Crippen molar-refractivity contribution in [2.24, 2.45) is 0 Å². The van der Waals surface area contributed by atoms with E-state index in [0.717, 1.165) is 21.1 Å². The topological polar surface area (TPSA) is 48.0 Å². The molecule has 4 aromatic rings. The van der Waals surface area contributed by atoms with Gasteiger partial charge in [0.2, 0.25) is 0 Å². The Balaban J connectivity index is 2.15. The Kier molecular flexibility index (Phi) is 2.68. The van der Waals surface area contributed by atoms with E-state index in [1.807, 2.05) is 42.5 Å². The molecule has 0 saturated heterocycles. The van der Waals surface area contributed by atoms with Gasteiger partial charge in [0.25, 0.3) is 0 Å². The van der Waals surface area contributed by atoms with Gasteiger partial charge in [0.05, 0.1) is 17.4 Å². The molecule has 4 nitrogen and oxygen atoms in total. The zero-order chi connectivity index (χ0) is 14.4. The van der Waals surface area contributed by atoms with E-state index in [2.05, 4.69) is 21.0 Å². The molecule has 0 N–H and O–H groups in total. The summed E-state index contributed by atoms with van der Waals surface area (Å²) in [5, 5.41) is 5.70. The van der Waals surface area contributed by atoms with Gasteiger partial charge >= 0.3 is 5.63 Å². The van der Waals surface area contributed by atoms with Crippen molar-refractivity contribution >= 4 is 37.8 Å². The summed E-state index contributed by atoms with van der Waals surface area (Å²) in [6.07, 6.45) is 1.55. The molecule has 102 valence electrons. The van der Waals surface area contributed by atoms with E-state index in [9.17, 15) is 4.79 Å². The van der Waals surface area contributed by atoms with Crippen LogP contribution in [0.3, 0.4) is 0 Å². The number of rotatable bonds is 1. The Bertz CT molecular complexity index is 1020.